The van der Waals surface area contributed by atoms with E-state index in [0.717, 1.165) is 24.2 Å². The summed E-state index contributed by atoms with van der Waals surface area (Å²) in [6, 6.07) is 20.2. The van der Waals surface area contributed by atoms with E-state index >= 15 is 0 Å². The molecule has 0 spiro atoms. The number of ether oxygens (including phenoxy) is 1. The number of sulfonamides is 1. The number of anilines is 1. The number of nitrogens with one attached hydrogen (secondary N) is 2. The summed E-state index contributed by atoms with van der Waals surface area (Å²) in [4.78, 5) is 13.1. The van der Waals surface area contributed by atoms with Crippen LogP contribution in [0.4, 0.5) is 5.69 Å². The Hall–Kier alpha value is -3.03. The molecule has 0 radical (unpaired) electrons. The van der Waals surface area contributed by atoms with Crippen molar-refractivity contribution in [2.45, 2.75) is 49.6 Å². The molecule has 0 unspecified atom stereocenters. The fourth-order valence-corrected chi connectivity index (χ4v) is 5.82. The van der Waals surface area contributed by atoms with Crippen LogP contribution in [0.3, 0.4) is 0 Å². The topological polar surface area (TPSA) is 84.5 Å². The lowest BCUT2D eigenvalue weighted by Crippen LogP contribution is -2.44. The number of amides is 1. The molecule has 8 heteroatoms. The van der Waals surface area contributed by atoms with Gasteiger partial charge in [-0.3, -0.25) is 9.52 Å². The third kappa shape index (κ3) is 4.91. The van der Waals surface area contributed by atoms with Crippen molar-refractivity contribution in [3.05, 3.63) is 88.9 Å². The van der Waals surface area contributed by atoms with Crippen molar-refractivity contribution in [3.8, 4) is 5.75 Å². The van der Waals surface area contributed by atoms with Gasteiger partial charge in [0.15, 0.2) is 0 Å². The fraction of sp³-hybridized carbons (Fsp3) is 0.269. The number of rotatable bonds is 7. The molecule has 1 atom stereocenters. The standard InChI is InChI=1S/C26H27ClN2O4S/c1-3-26(4-2)17-22(20-12-8-9-13-23(20)33-26)28-25(30)18-14-15-21(27)24(16-18)34(31,32)29-19-10-6-5-7-11-19/h5-16,22,29H,3-4,17H2,1-2H3,(H,28,30)/t22-/m1/s1. The maximum absolute atomic E-state index is 13.2. The first-order valence-electron chi connectivity index (χ1n) is 11.2. The Labute approximate surface area is 205 Å². The smallest absolute Gasteiger partial charge is 0.263 e. The molecular weight excluding hydrogens is 472 g/mol. The fourth-order valence-electron chi connectivity index (χ4n) is 4.24. The zero-order valence-corrected chi connectivity index (χ0v) is 20.6. The number of hydrogen-bond acceptors (Lipinski definition) is 4. The third-order valence-corrected chi connectivity index (χ3v) is 8.16. The number of fused-ring (bicyclic) bond motifs is 1. The molecule has 2 N–H and O–H groups in total. The number of halogens is 1. The molecule has 34 heavy (non-hydrogen) atoms. The predicted octanol–water partition coefficient (Wildman–Crippen LogP) is 5.95. The minimum absolute atomic E-state index is 0.0346. The van der Waals surface area contributed by atoms with Crippen LogP contribution in [0.2, 0.25) is 5.02 Å². The van der Waals surface area contributed by atoms with Crippen molar-refractivity contribution >= 4 is 33.2 Å². The second kappa shape index (κ2) is 9.68. The van der Waals surface area contributed by atoms with Gasteiger partial charge in [0.2, 0.25) is 0 Å². The zero-order chi connectivity index (χ0) is 24.3. The Balaban J connectivity index is 1.62. The van der Waals surface area contributed by atoms with Crippen LogP contribution >= 0.6 is 11.6 Å². The highest BCUT2D eigenvalue weighted by molar-refractivity contribution is 7.92. The van der Waals surface area contributed by atoms with Crippen molar-refractivity contribution in [2.75, 3.05) is 4.72 Å². The Kier molecular flexibility index (Phi) is 6.86. The van der Waals surface area contributed by atoms with Gasteiger partial charge in [0.25, 0.3) is 15.9 Å². The quantitative estimate of drug-likeness (QED) is 0.421. The van der Waals surface area contributed by atoms with E-state index in [0.29, 0.717) is 12.1 Å². The first-order valence-corrected chi connectivity index (χ1v) is 13.1. The van der Waals surface area contributed by atoms with E-state index in [9.17, 15) is 13.2 Å². The van der Waals surface area contributed by atoms with Gasteiger partial charge in [0, 0.05) is 23.2 Å². The summed E-state index contributed by atoms with van der Waals surface area (Å²) in [6.07, 6.45) is 2.23. The normalized spacial score (nSPS) is 16.7. The molecule has 0 saturated carbocycles. The molecule has 6 nitrogen and oxygen atoms in total. The van der Waals surface area contributed by atoms with Crippen LogP contribution in [0, 0.1) is 0 Å². The molecule has 0 fully saturated rings. The molecule has 1 aliphatic rings. The van der Waals surface area contributed by atoms with Crippen LogP contribution < -0.4 is 14.8 Å². The van der Waals surface area contributed by atoms with E-state index in [2.05, 4.69) is 23.9 Å². The minimum Gasteiger partial charge on any atom is -0.487 e. The largest absolute Gasteiger partial charge is 0.487 e. The van der Waals surface area contributed by atoms with Crippen molar-refractivity contribution in [1.29, 1.82) is 0 Å². The van der Waals surface area contributed by atoms with Crippen LogP contribution in [0.1, 0.15) is 55.1 Å². The van der Waals surface area contributed by atoms with Crippen LogP contribution in [0.5, 0.6) is 5.75 Å². The van der Waals surface area contributed by atoms with Gasteiger partial charge >= 0.3 is 0 Å². The Morgan fingerprint density at radius 3 is 2.41 bits per heavy atom. The summed E-state index contributed by atoms with van der Waals surface area (Å²) in [5, 5.41) is 3.12. The summed E-state index contributed by atoms with van der Waals surface area (Å²) >= 11 is 6.22. The number of benzene rings is 3. The highest BCUT2D eigenvalue weighted by atomic mass is 35.5. The first-order chi connectivity index (χ1) is 16.3. The first kappa shape index (κ1) is 24.1. The predicted molar refractivity (Wildman–Crippen MR) is 134 cm³/mol. The molecule has 4 rings (SSSR count). The SMILES string of the molecule is CCC1(CC)C[C@@H](NC(=O)c2ccc(Cl)c(S(=O)(=O)Nc3ccccc3)c2)c2ccccc2O1. The average Bonchev–Trinajstić information content (AvgIpc) is 2.84. The molecule has 178 valence electrons. The molecule has 0 saturated heterocycles. The summed E-state index contributed by atoms with van der Waals surface area (Å²) < 4.78 is 34.8. The van der Waals surface area contributed by atoms with E-state index in [1.165, 1.54) is 18.2 Å². The Bertz CT molecular complexity index is 1290. The lowest BCUT2D eigenvalue weighted by atomic mass is 9.83. The molecule has 1 heterocycles. The molecule has 0 aromatic heterocycles. The van der Waals surface area contributed by atoms with Crippen molar-refractivity contribution in [1.82, 2.24) is 5.32 Å². The summed E-state index contributed by atoms with van der Waals surface area (Å²) in [6.45, 7) is 4.15. The monoisotopic (exact) mass is 498 g/mol. The van der Waals surface area contributed by atoms with E-state index in [1.807, 2.05) is 24.3 Å². The summed E-state index contributed by atoms with van der Waals surface area (Å²) in [5.74, 6) is 0.379. The maximum atomic E-state index is 13.2. The van der Waals surface area contributed by atoms with Gasteiger partial charge in [-0.05, 0) is 49.2 Å². The molecule has 1 amide bonds. The average molecular weight is 499 g/mol. The maximum Gasteiger partial charge on any atom is 0.263 e. The second-order valence-electron chi connectivity index (χ2n) is 8.38. The van der Waals surface area contributed by atoms with E-state index in [4.69, 9.17) is 16.3 Å². The van der Waals surface area contributed by atoms with Gasteiger partial charge in [-0.15, -0.1) is 0 Å². The van der Waals surface area contributed by atoms with Crippen LogP contribution in [-0.2, 0) is 10.0 Å². The van der Waals surface area contributed by atoms with Crippen molar-refractivity contribution in [2.24, 2.45) is 0 Å². The van der Waals surface area contributed by atoms with Crippen molar-refractivity contribution < 1.29 is 17.9 Å². The lowest BCUT2D eigenvalue weighted by Gasteiger charge is -2.41. The number of carbonyl (C=O) groups excluding carboxylic acids is 1. The van der Waals surface area contributed by atoms with Gasteiger partial charge in [-0.2, -0.15) is 0 Å². The van der Waals surface area contributed by atoms with E-state index in [1.54, 1.807) is 30.3 Å². The Morgan fingerprint density at radius 1 is 1.03 bits per heavy atom. The number of para-hydroxylation sites is 2. The van der Waals surface area contributed by atoms with Gasteiger partial charge < -0.3 is 10.1 Å². The van der Waals surface area contributed by atoms with E-state index in [-0.39, 0.29) is 33.0 Å². The van der Waals surface area contributed by atoms with Crippen LogP contribution in [-0.4, -0.2) is 19.9 Å². The van der Waals surface area contributed by atoms with Crippen LogP contribution in [0.25, 0.3) is 0 Å². The van der Waals surface area contributed by atoms with Gasteiger partial charge in [0.1, 0.15) is 16.2 Å². The summed E-state index contributed by atoms with van der Waals surface area (Å²) in [7, 11) is -3.99. The van der Waals surface area contributed by atoms with Gasteiger partial charge in [0.05, 0.1) is 11.1 Å². The number of carbonyl (C=O) groups is 1. The lowest BCUT2D eigenvalue weighted by molar-refractivity contribution is 0.0227. The molecule has 3 aromatic rings. The molecule has 0 bridgehead atoms. The van der Waals surface area contributed by atoms with Gasteiger partial charge in [-0.1, -0.05) is 61.8 Å². The highest BCUT2D eigenvalue weighted by Gasteiger charge is 2.39. The van der Waals surface area contributed by atoms with E-state index < -0.39 is 10.0 Å². The zero-order valence-electron chi connectivity index (χ0n) is 19.0. The van der Waals surface area contributed by atoms with Crippen molar-refractivity contribution in [3.63, 3.8) is 0 Å². The molecule has 1 aliphatic heterocycles. The number of hydrogen-bond donors (Lipinski definition) is 2. The molecular formula is C26H27ClN2O4S. The molecule has 0 aliphatic carbocycles. The Morgan fingerprint density at radius 2 is 1.71 bits per heavy atom. The summed E-state index contributed by atoms with van der Waals surface area (Å²) in [5.41, 5.74) is 1.14. The van der Waals surface area contributed by atoms with Gasteiger partial charge in [-0.25, -0.2) is 8.42 Å². The second-order valence-corrected chi connectivity index (χ2v) is 10.4. The molecule has 3 aromatic carbocycles. The van der Waals surface area contributed by atoms with Crippen LogP contribution in [0.15, 0.2) is 77.7 Å². The third-order valence-electron chi connectivity index (χ3n) is 6.30. The highest BCUT2D eigenvalue weighted by Crippen LogP contribution is 2.42. The minimum atomic E-state index is -3.99.